The van der Waals surface area contributed by atoms with E-state index in [-0.39, 0.29) is 0 Å². The molecule has 0 bridgehead atoms. The molecule has 1 aromatic carbocycles. The van der Waals surface area contributed by atoms with Crippen molar-refractivity contribution in [1.29, 1.82) is 0 Å². The summed E-state index contributed by atoms with van der Waals surface area (Å²) in [6, 6.07) is 8.81. The van der Waals surface area contributed by atoms with Gasteiger partial charge in [0.15, 0.2) is 0 Å². The van der Waals surface area contributed by atoms with Gasteiger partial charge in [-0.2, -0.15) is 0 Å². The number of piperidine rings is 1. The standard InChI is InChI=1S/C16H26N2O/c1-2-14-5-3-6-16(13-14)19-12-4-9-18-10-7-15(17)8-11-18/h3,5-6,13,15H,2,4,7-12,17H2,1H3. The maximum absolute atomic E-state index is 5.90. The SMILES string of the molecule is CCc1cccc(OCCCN2CCC(N)CC2)c1. The Morgan fingerprint density at radius 3 is 2.84 bits per heavy atom. The van der Waals surface area contributed by atoms with E-state index in [1.165, 1.54) is 5.56 Å². The van der Waals surface area contributed by atoms with Crippen LogP contribution in [0.1, 0.15) is 31.7 Å². The van der Waals surface area contributed by atoms with Crippen LogP contribution in [0.25, 0.3) is 0 Å². The molecule has 106 valence electrons. The normalized spacial score (nSPS) is 17.6. The first-order valence-electron chi connectivity index (χ1n) is 7.47. The van der Waals surface area contributed by atoms with Gasteiger partial charge in [0.05, 0.1) is 6.61 Å². The molecule has 0 saturated carbocycles. The maximum Gasteiger partial charge on any atom is 0.119 e. The fourth-order valence-corrected chi connectivity index (χ4v) is 2.51. The lowest BCUT2D eigenvalue weighted by Crippen LogP contribution is -2.40. The van der Waals surface area contributed by atoms with Crippen molar-refractivity contribution in [3.8, 4) is 5.75 Å². The number of hydrogen-bond donors (Lipinski definition) is 1. The van der Waals surface area contributed by atoms with Crippen molar-refractivity contribution in [2.24, 2.45) is 5.73 Å². The average Bonchev–Trinajstić information content (AvgIpc) is 2.46. The number of likely N-dealkylation sites (tertiary alicyclic amines) is 1. The van der Waals surface area contributed by atoms with Gasteiger partial charge in [-0.1, -0.05) is 19.1 Å². The van der Waals surface area contributed by atoms with Crippen molar-refractivity contribution in [2.45, 2.75) is 38.6 Å². The number of aryl methyl sites for hydroxylation is 1. The molecule has 1 fully saturated rings. The smallest absolute Gasteiger partial charge is 0.119 e. The maximum atomic E-state index is 5.90. The molecule has 0 radical (unpaired) electrons. The minimum Gasteiger partial charge on any atom is -0.494 e. The highest BCUT2D eigenvalue weighted by molar-refractivity contribution is 5.28. The summed E-state index contributed by atoms with van der Waals surface area (Å²) < 4.78 is 5.81. The molecule has 0 aromatic heterocycles. The summed E-state index contributed by atoms with van der Waals surface area (Å²) in [6.07, 6.45) is 4.43. The Kier molecular flexibility index (Phi) is 5.67. The highest BCUT2D eigenvalue weighted by Crippen LogP contribution is 2.14. The number of rotatable bonds is 6. The predicted octanol–water partition coefficient (Wildman–Crippen LogP) is 2.44. The summed E-state index contributed by atoms with van der Waals surface area (Å²) in [5, 5.41) is 0. The van der Waals surface area contributed by atoms with Gasteiger partial charge in [0, 0.05) is 12.6 Å². The topological polar surface area (TPSA) is 38.5 Å². The highest BCUT2D eigenvalue weighted by Gasteiger charge is 2.14. The van der Waals surface area contributed by atoms with E-state index in [4.69, 9.17) is 10.5 Å². The van der Waals surface area contributed by atoms with Crippen molar-refractivity contribution < 1.29 is 4.74 Å². The number of ether oxygens (including phenoxy) is 1. The number of benzene rings is 1. The van der Waals surface area contributed by atoms with Crippen molar-refractivity contribution in [3.05, 3.63) is 29.8 Å². The molecule has 3 heteroatoms. The lowest BCUT2D eigenvalue weighted by atomic mass is 10.1. The zero-order chi connectivity index (χ0) is 13.5. The third-order valence-corrected chi connectivity index (χ3v) is 3.83. The van der Waals surface area contributed by atoms with Crippen LogP contribution >= 0.6 is 0 Å². The molecule has 0 spiro atoms. The Morgan fingerprint density at radius 1 is 1.32 bits per heavy atom. The Bertz CT molecular complexity index is 373. The van der Waals surface area contributed by atoms with Gasteiger partial charge in [-0.25, -0.2) is 0 Å². The van der Waals surface area contributed by atoms with E-state index >= 15 is 0 Å². The molecule has 1 saturated heterocycles. The molecule has 1 heterocycles. The summed E-state index contributed by atoms with van der Waals surface area (Å²) in [5.74, 6) is 1.00. The molecule has 0 atom stereocenters. The minimum absolute atomic E-state index is 0.421. The van der Waals surface area contributed by atoms with Crippen LogP contribution in [0.5, 0.6) is 5.75 Å². The lowest BCUT2D eigenvalue weighted by Gasteiger charge is -2.29. The van der Waals surface area contributed by atoms with Crippen molar-refractivity contribution in [1.82, 2.24) is 4.90 Å². The zero-order valence-electron chi connectivity index (χ0n) is 12.0. The number of nitrogens with two attached hydrogens (primary N) is 1. The van der Waals surface area contributed by atoms with E-state index in [9.17, 15) is 0 Å². The Labute approximate surface area is 116 Å². The second-order valence-electron chi connectivity index (χ2n) is 5.38. The van der Waals surface area contributed by atoms with Crippen LogP contribution in [0.2, 0.25) is 0 Å². The summed E-state index contributed by atoms with van der Waals surface area (Å²) in [5.41, 5.74) is 7.24. The quantitative estimate of drug-likeness (QED) is 0.800. The van der Waals surface area contributed by atoms with E-state index in [0.29, 0.717) is 6.04 Å². The van der Waals surface area contributed by atoms with Crippen LogP contribution < -0.4 is 10.5 Å². The molecule has 0 unspecified atom stereocenters. The third-order valence-electron chi connectivity index (χ3n) is 3.83. The van der Waals surface area contributed by atoms with Gasteiger partial charge in [-0.3, -0.25) is 0 Å². The molecule has 1 aliphatic rings. The van der Waals surface area contributed by atoms with E-state index in [1.807, 2.05) is 6.07 Å². The van der Waals surface area contributed by atoms with Crippen molar-refractivity contribution >= 4 is 0 Å². The van der Waals surface area contributed by atoms with E-state index in [2.05, 4.69) is 30.0 Å². The third kappa shape index (κ3) is 4.84. The fourth-order valence-electron chi connectivity index (χ4n) is 2.51. The van der Waals surface area contributed by atoms with Crippen LogP contribution in [0, 0.1) is 0 Å². The summed E-state index contributed by atoms with van der Waals surface area (Å²) in [4.78, 5) is 2.50. The van der Waals surface area contributed by atoms with Crippen LogP contribution in [-0.2, 0) is 6.42 Å². The molecule has 2 N–H and O–H groups in total. The van der Waals surface area contributed by atoms with Crippen LogP contribution in [0.15, 0.2) is 24.3 Å². The highest BCUT2D eigenvalue weighted by atomic mass is 16.5. The summed E-state index contributed by atoms with van der Waals surface area (Å²) >= 11 is 0. The lowest BCUT2D eigenvalue weighted by molar-refractivity contribution is 0.194. The monoisotopic (exact) mass is 262 g/mol. The number of hydrogen-bond acceptors (Lipinski definition) is 3. The molecule has 2 rings (SSSR count). The van der Waals surface area contributed by atoms with Gasteiger partial charge in [0.2, 0.25) is 0 Å². The largest absolute Gasteiger partial charge is 0.494 e. The van der Waals surface area contributed by atoms with Crippen molar-refractivity contribution in [3.63, 3.8) is 0 Å². The minimum atomic E-state index is 0.421. The first kappa shape index (κ1) is 14.4. The van der Waals surface area contributed by atoms with Crippen LogP contribution in [-0.4, -0.2) is 37.2 Å². The molecular formula is C16H26N2O. The first-order valence-corrected chi connectivity index (χ1v) is 7.47. The van der Waals surface area contributed by atoms with Gasteiger partial charge in [-0.05, 0) is 56.5 Å². The molecular weight excluding hydrogens is 236 g/mol. The van der Waals surface area contributed by atoms with E-state index < -0.39 is 0 Å². The predicted molar refractivity (Wildman–Crippen MR) is 79.6 cm³/mol. The second-order valence-corrected chi connectivity index (χ2v) is 5.38. The molecule has 0 aliphatic carbocycles. The molecule has 1 aromatic rings. The summed E-state index contributed by atoms with van der Waals surface area (Å²) in [7, 11) is 0. The zero-order valence-corrected chi connectivity index (χ0v) is 12.0. The van der Waals surface area contributed by atoms with E-state index in [0.717, 1.165) is 57.7 Å². The fraction of sp³-hybridized carbons (Fsp3) is 0.625. The van der Waals surface area contributed by atoms with Gasteiger partial charge in [-0.15, -0.1) is 0 Å². The molecule has 1 aliphatic heterocycles. The van der Waals surface area contributed by atoms with Gasteiger partial charge >= 0.3 is 0 Å². The first-order chi connectivity index (χ1) is 9.28. The summed E-state index contributed by atoms with van der Waals surface area (Å²) in [6.45, 7) is 6.38. The molecule has 19 heavy (non-hydrogen) atoms. The van der Waals surface area contributed by atoms with Gasteiger partial charge in [0.25, 0.3) is 0 Å². The Morgan fingerprint density at radius 2 is 2.11 bits per heavy atom. The second kappa shape index (κ2) is 7.51. The molecule has 0 amide bonds. The Hall–Kier alpha value is -1.06. The Balaban J connectivity index is 1.63. The molecule has 3 nitrogen and oxygen atoms in total. The number of nitrogens with zero attached hydrogens (tertiary/aromatic N) is 1. The van der Waals surface area contributed by atoms with E-state index in [1.54, 1.807) is 0 Å². The van der Waals surface area contributed by atoms with Crippen LogP contribution in [0.4, 0.5) is 0 Å². The average molecular weight is 262 g/mol. The van der Waals surface area contributed by atoms with Crippen molar-refractivity contribution in [2.75, 3.05) is 26.2 Å². The van der Waals surface area contributed by atoms with Gasteiger partial charge < -0.3 is 15.4 Å². The van der Waals surface area contributed by atoms with Gasteiger partial charge in [0.1, 0.15) is 5.75 Å². The van der Waals surface area contributed by atoms with Crippen LogP contribution in [0.3, 0.4) is 0 Å².